The van der Waals surface area contributed by atoms with Gasteiger partial charge in [0.15, 0.2) is 0 Å². The van der Waals surface area contributed by atoms with Crippen LogP contribution in [0.2, 0.25) is 0 Å². The molecule has 0 saturated heterocycles. The fraction of sp³-hybridized carbons (Fsp3) is 0.667. The minimum atomic E-state index is -0.217. The highest BCUT2D eigenvalue weighted by atomic mass is 19.1. The van der Waals surface area contributed by atoms with Gasteiger partial charge in [0.1, 0.15) is 12.4 Å². The number of amides is 1. The van der Waals surface area contributed by atoms with Gasteiger partial charge in [-0.1, -0.05) is 31.4 Å². The highest BCUT2D eigenvalue weighted by Crippen LogP contribution is 2.58. The lowest BCUT2D eigenvalue weighted by Gasteiger charge is -2.53. The first-order chi connectivity index (χ1) is 16.0. The van der Waals surface area contributed by atoms with Crippen LogP contribution in [0.5, 0.6) is 5.75 Å². The fourth-order valence-electron chi connectivity index (χ4n) is 6.25. The maximum Gasteiger partial charge on any atom is 0.226 e. The number of hydrogen-bond donors (Lipinski definition) is 2. The Morgan fingerprint density at radius 1 is 1.03 bits per heavy atom. The topological polar surface area (TPSA) is 73.6 Å². The van der Waals surface area contributed by atoms with Crippen molar-refractivity contribution >= 4 is 5.91 Å². The molecular formula is C27H39FN2O3. The molecule has 1 aromatic carbocycles. The molecule has 3 N–H and O–H groups in total. The van der Waals surface area contributed by atoms with Crippen molar-refractivity contribution in [3.05, 3.63) is 41.7 Å². The van der Waals surface area contributed by atoms with Crippen LogP contribution in [0, 0.1) is 5.41 Å². The Hall–Kier alpha value is -1.92. The summed E-state index contributed by atoms with van der Waals surface area (Å²) in [6, 6.07) is 8.21. The van der Waals surface area contributed by atoms with Crippen LogP contribution >= 0.6 is 0 Å². The number of carbonyl (C=O) groups excluding carboxylic acids is 1. The van der Waals surface area contributed by atoms with Crippen LogP contribution in [0.1, 0.15) is 76.2 Å². The summed E-state index contributed by atoms with van der Waals surface area (Å²) in [7, 11) is 1.79. The van der Waals surface area contributed by atoms with Gasteiger partial charge >= 0.3 is 0 Å². The molecule has 33 heavy (non-hydrogen) atoms. The first-order valence-electron chi connectivity index (χ1n) is 12.5. The second-order valence-corrected chi connectivity index (χ2v) is 10.5. The first-order valence-corrected chi connectivity index (χ1v) is 12.5. The Balaban J connectivity index is 1.34. The average Bonchev–Trinajstić information content (AvgIpc) is 2.90. The van der Waals surface area contributed by atoms with Crippen molar-refractivity contribution in [1.29, 1.82) is 0 Å². The van der Waals surface area contributed by atoms with Crippen LogP contribution in [0.4, 0.5) is 4.39 Å². The summed E-state index contributed by atoms with van der Waals surface area (Å²) in [5, 5.41) is 3.30. The molecule has 2 bridgehead atoms. The zero-order valence-corrected chi connectivity index (χ0v) is 20.0. The molecule has 6 heteroatoms. The molecular weight excluding hydrogens is 419 g/mol. The van der Waals surface area contributed by atoms with E-state index in [4.69, 9.17) is 15.2 Å². The van der Waals surface area contributed by atoms with Gasteiger partial charge in [0.05, 0.1) is 11.9 Å². The van der Waals surface area contributed by atoms with Crippen LogP contribution in [0.3, 0.4) is 0 Å². The normalized spacial score (nSPS) is 29.0. The largest absolute Gasteiger partial charge is 0.489 e. The van der Waals surface area contributed by atoms with Crippen molar-refractivity contribution in [2.45, 2.75) is 81.6 Å². The van der Waals surface area contributed by atoms with Crippen molar-refractivity contribution in [2.24, 2.45) is 11.1 Å². The second-order valence-electron chi connectivity index (χ2n) is 10.5. The lowest BCUT2D eigenvalue weighted by molar-refractivity contribution is -0.140. The Labute approximate surface area is 197 Å². The van der Waals surface area contributed by atoms with Gasteiger partial charge in [-0.2, -0.15) is 0 Å². The molecule has 1 aromatic rings. The third-order valence-corrected chi connectivity index (χ3v) is 8.80. The minimum absolute atomic E-state index is 0.152. The van der Waals surface area contributed by atoms with Gasteiger partial charge in [-0.15, -0.1) is 0 Å². The van der Waals surface area contributed by atoms with E-state index >= 15 is 0 Å². The molecule has 4 aliphatic carbocycles. The summed E-state index contributed by atoms with van der Waals surface area (Å²) >= 11 is 0. The Kier molecular flexibility index (Phi) is 7.44. The Morgan fingerprint density at radius 3 is 2.21 bits per heavy atom. The molecule has 0 spiro atoms. The number of nitrogens with one attached hydrogen (secondary N) is 1. The van der Waals surface area contributed by atoms with Crippen LogP contribution < -0.4 is 15.8 Å². The number of fused-ring (bicyclic) bond motifs is 3. The van der Waals surface area contributed by atoms with Crippen molar-refractivity contribution in [3.63, 3.8) is 0 Å². The minimum Gasteiger partial charge on any atom is -0.489 e. The number of ether oxygens (including phenoxy) is 2. The molecule has 4 aliphatic rings. The van der Waals surface area contributed by atoms with Crippen LogP contribution in [0.15, 0.2) is 36.2 Å². The predicted octanol–water partition coefficient (Wildman–Crippen LogP) is 4.94. The molecule has 4 fully saturated rings. The van der Waals surface area contributed by atoms with Gasteiger partial charge in [-0.25, -0.2) is 4.39 Å². The molecule has 0 unspecified atom stereocenters. The highest BCUT2D eigenvalue weighted by molar-refractivity contribution is 5.83. The van der Waals surface area contributed by atoms with Crippen molar-refractivity contribution < 1.29 is 18.7 Å². The maximum absolute atomic E-state index is 13.3. The molecule has 0 radical (unpaired) electrons. The smallest absolute Gasteiger partial charge is 0.226 e. The molecule has 5 nitrogen and oxygen atoms in total. The monoisotopic (exact) mass is 458 g/mol. The van der Waals surface area contributed by atoms with Gasteiger partial charge in [-0.3, -0.25) is 4.79 Å². The van der Waals surface area contributed by atoms with E-state index in [2.05, 4.69) is 17.4 Å². The maximum atomic E-state index is 13.3. The summed E-state index contributed by atoms with van der Waals surface area (Å²) in [4.78, 5) is 13.3. The van der Waals surface area contributed by atoms with Gasteiger partial charge in [0, 0.05) is 31.2 Å². The van der Waals surface area contributed by atoms with Crippen LogP contribution in [-0.4, -0.2) is 38.3 Å². The van der Waals surface area contributed by atoms with E-state index in [9.17, 15) is 9.18 Å². The Bertz CT molecular complexity index is 821. The van der Waals surface area contributed by atoms with E-state index in [0.29, 0.717) is 18.4 Å². The Morgan fingerprint density at radius 2 is 1.67 bits per heavy atom. The number of carbonyl (C=O) groups is 1. The number of nitrogens with two attached hydrogens (primary N) is 1. The first kappa shape index (κ1) is 24.2. The molecule has 182 valence electrons. The lowest BCUT2D eigenvalue weighted by Crippen LogP contribution is -2.54. The standard InChI is InChI=1S/C27H39FN2O3/c1-32-27(9-3-2-4-10-27)20-30-24(31)26-14-11-25(12-15-26,13-16-26)22-5-7-23(8-6-22)33-19-21(17-28)18-29/h5-8,17H,2-4,9-16,18-20,29H2,1H3,(H,30,31)/b21-17+. The third kappa shape index (κ3) is 4.97. The molecule has 0 heterocycles. The van der Waals surface area contributed by atoms with Gasteiger partial charge in [-0.05, 0) is 74.5 Å². The zero-order chi connectivity index (χ0) is 23.4. The van der Waals surface area contributed by atoms with Crippen LogP contribution in [-0.2, 0) is 14.9 Å². The van der Waals surface area contributed by atoms with E-state index in [1.54, 1.807) is 7.11 Å². The fourth-order valence-corrected chi connectivity index (χ4v) is 6.25. The number of methoxy groups -OCH3 is 1. The molecule has 1 amide bonds. The molecule has 4 saturated carbocycles. The molecule has 5 rings (SSSR count). The predicted molar refractivity (Wildman–Crippen MR) is 128 cm³/mol. The molecule has 0 aliphatic heterocycles. The molecule has 0 atom stereocenters. The average molecular weight is 459 g/mol. The zero-order valence-electron chi connectivity index (χ0n) is 20.0. The number of hydrogen-bond acceptors (Lipinski definition) is 4. The van der Waals surface area contributed by atoms with Gasteiger partial charge < -0.3 is 20.5 Å². The van der Waals surface area contributed by atoms with E-state index < -0.39 is 0 Å². The van der Waals surface area contributed by atoms with Crippen LogP contribution in [0.25, 0.3) is 0 Å². The number of benzene rings is 1. The van der Waals surface area contributed by atoms with Crippen molar-refractivity contribution in [2.75, 3.05) is 26.8 Å². The van der Waals surface area contributed by atoms with E-state index in [1.165, 1.54) is 24.8 Å². The summed E-state index contributed by atoms with van der Waals surface area (Å²) in [5.41, 5.74) is 7.01. The summed E-state index contributed by atoms with van der Waals surface area (Å²) in [6.45, 7) is 0.957. The number of halogens is 1. The van der Waals surface area contributed by atoms with Gasteiger partial charge in [0.2, 0.25) is 5.91 Å². The van der Waals surface area contributed by atoms with Gasteiger partial charge in [0.25, 0.3) is 0 Å². The van der Waals surface area contributed by atoms with Crippen molar-refractivity contribution in [3.8, 4) is 5.75 Å². The quantitative estimate of drug-likeness (QED) is 0.550. The SMILES string of the molecule is COC1(CNC(=O)C23CCC(c4ccc(OC/C(=C/F)CN)cc4)(CC2)CC3)CCCCC1. The van der Waals surface area contributed by atoms with E-state index in [0.717, 1.165) is 57.1 Å². The summed E-state index contributed by atoms with van der Waals surface area (Å²) in [5.74, 6) is 0.955. The lowest BCUT2D eigenvalue weighted by atomic mass is 9.51. The second kappa shape index (κ2) is 10.1. The van der Waals surface area contributed by atoms with Crippen molar-refractivity contribution in [1.82, 2.24) is 5.32 Å². The summed E-state index contributed by atoms with van der Waals surface area (Å²) < 4.78 is 24.2. The third-order valence-electron chi connectivity index (χ3n) is 8.80. The highest BCUT2D eigenvalue weighted by Gasteiger charge is 2.53. The number of rotatable bonds is 9. The summed E-state index contributed by atoms with van der Waals surface area (Å²) in [6.07, 6.45) is 12.2. The van der Waals surface area contributed by atoms with E-state index in [1.807, 2.05) is 12.1 Å². The van der Waals surface area contributed by atoms with E-state index in [-0.39, 0.29) is 35.5 Å². The molecule has 0 aromatic heterocycles.